The Morgan fingerprint density at radius 1 is 1.35 bits per heavy atom. The molecular formula is C14H24N2O. The second kappa shape index (κ2) is 7.43. The van der Waals surface area contributed by atoms with Crippen molar-refractivity contribution in [1.29, 1.82) is 0 Å². The summed E-state index contributed by atoms with van der Waals surface area (Å²) < 4.78 is 5.13. The van der Waals surface area contributed by atoms with Crippen LogP contribution in [0.2, 0.25) is 0 Å². The van der Waals surface area contributed by atoms with Gasteiger partial charge in [-0.1, -0.05) is 38.1 Å². The molecule has 0 amide bonds. The SMILES string of the molecule is CCc1ccccc1C(NN)C(C)CCOC. The topological polar surface area (TPSA) is 47.3 Å². The summed E-state index contributed by atoms with van der Waals surface area (Å²) in [6, 6.07) is 8.67. The second-order valence-corrected chi connectivity index (χ2v) is 4.46. The Hall–Kier alpha value is -0.900. The molecule has 0 fully saturated rings. The molecule has 17 heavy (non-hydrogen) atoms. The molecule has 0 bridgehead atoms. The zero-order chi connectivity index (χ0) is 12.7. The molecule has 3 heteroatoms. The van der Waals surface area contributed by atoms with Crippen LogP contribution < -0.4 is 11.3 Å². The molecule has 3 nitrogen and oxygen atoms in total. The average Bonchev–Trinajstić information content (AvgIpc) is 2.37. The van der Waals surface area contributed by atoms with Gasteiger partial charge in [0.25, 0.3) is 0 Å². The van der Waals surface area contributed by atoms with Gasteiger partial charge < -0.3 is 4.74 Å². The number of aryl methyl sites for hydroxylation is 1. The molecule has 2 atom stereocenters. The van der Waals surface area contributed by atoms with E-state index in [1.807, 2.05) is 0 Å². The Balaban J connectivity index is 2.84. The van der Waals surface area contributed by atoms with Crippen LogP contribution in [0.5, 0.6) is 0 Å². The third-order valence-corrected chi connectivity index (χ3v) is 3.30. The van der Waals surface area contributed by atoms with Crippen molar-refractivity contribution in [1.82, 2.24) is 5.43 Å². The Labute approximate surface area is 104 Å². The number of hydrogen-bond donors (Lipinski definition) is 2. The van der Waals surface area contributed by atoms with Crippen LogP contribution in [0.15, 0.2) is 24.3 Å². The first-order valence-corrected chi connectivity index (χ1v) is 6.27. The van der Waals surface area contributed by atoms with Crippen molar-refractivity contribution in [2.75, 3.05) is 13.7 Å². The summed E-state index contributed by atoms with van der Waals surface area (Å²) in [6.07, 6.45) is 2.04. The summed E-state index contributed by atoms with van der Waals surface area (Å²) in [6.45, 7) is 5.15. The van der Waals surface area contributed by atoms with Gasteiger partial charge in [0.1, 0.15) is 0 Å². The quantitative estimate of drug-likeness (QED) is 0.564. The van der Waals surface area contributed by atoms with Gasteiger partial charge in [0.15, 0.2) is 0 Å². The smallest absolute Gasteiger partial charge is 0.0489 e. The van der Waals surface area contributed by atoms with Gasteiger partial charge in [0, 0.05) is 19.8 Å². The normalized spacial score (nSPS) is 14.6. The number of methoxy groups -OCH3 is 1. The molecule has 0 saturated heterocycles. The highest BCUT2D eigenvalue weighted by Crippen LogP contribution is 2.26. The number of nitrogens with two attached hydrogens (primary N) is 1. The Morgan fingerprint density at radius 2 is 2.06 bits per heavy atom. The molecule has 0 aliphatic heterocycles. The van der Waals surface area contributed by atoms with Gasteiger partial charge in [-0.3, -0.25) is 11.3 Å². The van der Waals surface area contributed by atoms with Crippen molar-refractivity contribution < 1.29 is 4.74 Å². The lowest BCUT2D eigenvalue weighted by atomic mass is 9.89. The molecule has 0 aliphatic rings. The van der Waals surface area contributed by atoms with Crippen LogP contribution in [0, 0.1) is 5.92 Å². The van der Waals surface area contributed by atoms with Crippen LogP contribution in [0.1, 0.15) is 37.4 Å². The minimum absolute atomic E-state index is 0.196. The molecule has 1 aromatic carbocycles. The van der Waals surface area contributed by atoms with Crippen LogP contribution in [0.4, 0.5) is 0 Å². The van der Waals surface area contributed by atoms with Crippen LogP contribution in [0.3, 0.4) is 0 Å². The van der Waals surface area contributed by atoms with E-state index in [0.29, 0.717) is 5.92 Å². The molecule has 0 aliphatic carbocycles. The number of hydrazine groups is 1. The summed E-state index contributed by atoms with van der Waals surface area (Å²) in [5.74, 6) is 6.16. The maximum atomic E-state index is 5.71. The molecule has 2 unspecified atom stereocenters. The molecule has 1 aromatic rings. The molecule has 1 rings (SSSR count). The summed E-state index contributed by atoms with van der Waals surface area (Å²) in [5, 5.41) is 0. The zero-order valence-electron chi connectivity index (χ0n) is 11.1. The summed E-state index contributed by atoms with van der Waals surface area (Å²) >= 11 is 0. The Kier molecular flexibility index (Phi) is 6.19. The molecule has 0 spiro atoms. The van der Waals surface area contributed by atoms with Gasteiger partial charge >= 0.3 is 0 Å². The van der Waals surface area contributed by atoms with Crippen molar-refractivity contribution in [2.45, 2.75) is 32.7 Å². The highest BCUT2D eigenvalue weighted by atomic mass is 16.5. The minimum Gasteiger partial charge on any atom is -0.385 e. The summed E-state index contributed by atoms with van der Waals surface area (Å²) in [4.78, 5) is 0. The van der Waals surface area contributed by atoms with E-state index in [1.165, 1.54) is 11.1 Å². The highest BCUT2D eigenvalue weighted by Gasteiger charge is 2.19. The van der Waals surface area contributed by atoms with Crippen LogP contribution >= 0.6 is 0 Å². The summed E-state index contributed by atoms with van der Waals surface area (Å²) in [7, 11) is 1.73. The zero-order valence-corrected chi connectivity index (χ0v) is 11.1. The Morgan fingerprint density at radius 3 is 2.65 bits per heavy atom. The van der Waals surface area contributed by atoms with E-state index in [4.69, 9.17) is 10.6 Å². The second-order valence-electron chi connectivity index (χ2n) is 4.46. The predicted molar refractivity (Wildman–Crippen MR) is 71.5 cm³/mol. The van der Waals surface area contributed by atoms with E-state index >= 15 is 0 Å². The van der Waals surface area contributed by atoms with Crippen LogP contribution in [-0.4, -0.2) is 13.7 Å². The van der Waals surface area contributed by atoms with E-state index in [2.05, 4.69) is 43.5 Å². The number of rotatable bonds is 7. The molecule has 96 valence electrons. The van der Waals surface area contributed by atoms with Gasteiger partial charge in [-0.25, -0.2) is 0 Å². The maximum absolute atomic E-state index is 5.71. The number of nitrogens with one attached hydrogen (secondary N) is 1. The molecule has 0 radical (unpaired) electrons. The number of hydrogen-bond acceptors (Lipinski definition) is 3. The third kappa shape index (κ3) is 3.80. The van der Waals surface area contributed by atoms with Crippen LogP contribution in [0.25, 0.3) is 0 Å². The van der Waals surface area contributed by atoms with Crippen molar-refractivity contribution in [3.05, 3.63) is 35.4 Å². The highest BCUT2D eigenvalue weighted by molar-refractivity contribution is 5.30. The fourth-order valence-electron chi connectivity index (χ4n) is 2.19. The lowest BCUT2D eigenvalue weighted by Crippen LogP contribution is -2.33. The molecule has 0 heterocycles. The first kappa shape index (κ1) is 14.2. The van der Waals surface area contributed by atoms with Gasteiger partial charge in [-0.2, -0.15) is 0 Å². The minimum atomic E-state index is 0.196. The summed E-state index contributed by atoms with van der Waals surface area (Å²) in [5.41, 5.74) is 5.61. The lowest BCUT2D eigenvalue weighted by molar-refractivity contribution is 0.170. The van der Waals surface area contributed by atoms with Gasteiger partial charge in [-0.15, -0.1) is 0 Å². The molecule has 0 saturated carbocycles. The van der Waals surface area contributed by atoms with Crippen molar-refractivity contribution in [3.63, 3.8) is 0 Å². The van der Waals surface area contributed by atoms with E-state index in [0.717, 1.165) is 19.4 Å². The van der Waals surface area contributed by atoms with Gasteiger partial charge in [0.2, 0.25) is 0 Å². The van der Waals surface area contributed by atoms with E-state index in [-0.39, 0.29) is 6.04 Å². The lowest BCUT2D eigenvalue weighted by Gasteiger charge is -2.25. The maximum Gasteiger partial charge on any atom is 0.0489 e. The van der Waals surface area contributed by atoms with E-state index < -0.39 is 0 Å². The molecule has 3 N–H and O–H groups in total. The van der Waals surface area contributed by atoms with Crippen molar-refractivity contribution in [2.24, 2.45) is 11.8 Å². The first-order valence-electron chi connectivity index (χ1n) is 6.27. The molecule has 0 aromatic heterocycles. The standard InChI is InChI=1S/C14H24N2O/c1-4-12-7-5-6-8-13(12)14(16-15)11(2)9-10-17-3/h5-8,11,14,16H,4,9-10,15H2,1-3H3. The number of ether oxygens (including phenoxy) is 1. The largest absolute Gasteiger partial charge is 0.385 e. The molecular weight excluding hydrogens is 212 g/mol. The fraction of sp³-hybridized carbons (Fsp3) is 0.571. The Bertz CT molecular complexity index is 328. The van der Waals surface area contributed by atoms with Crippen LogP contribution in [-0.2, 0) is 11.2 Å². The van der Waals surface area contributed by atoms with Crippen molar-refractivity contribution >= 4 is 0 Å². The first-order chi connectivity index (χ1) is 8.24. The van der Waals surface area contributed by atoms with Crippen molar-refractivity contribution in [3.8, 4) is 0 Å². The van der Waals surface area contributed by atoms with E-state index in [9.17, 15) is 0 Å². The average molecular weight is 236 g/mol. The third-order valence-electron chi connectivity index (χ3n) is 3.30. The predicted octanol–water partition coefficient (Wildman–Crippen LogP) is 2.43. The van der Waals surface area contributed by atoms with Gasteiger partial charge in [0.05, 0.1) is 0 Å². The van der Waals surface area contributed by atoms with Gasteiger partial charge in [-0.05, 0) is 29.9 Å². The monoisotopic (exact) mass is 236 g/mol. The fourth-order valence-corrected chi connectivity index (χ4v) is 2.19. The number of benzene rings is 1. The van der Waals surface area contributed by atoms with E-state index in [1.54, 1.807) is 7.11 Å².